The van der Waals surface area contributed by atoms with Crippen LogP contribution < -0.4 is 5.73 Å². The van der Waals surface area contributed by atoms with Crippen molar-refractivity contribution < 1.29 is 0 Å². The molecule has 1 atom stereocenters. The van der Waals surface area contributed by atoms with Gasteiger partial charge < -0.3 is 5.73 Å². The van der Waals surface area contributed by atoms with Gasteiger partial charge >= 0.3 is 0 Å². The van der Waals surface area contributed by atoms with Gasteiger partial charge in [0, 0.05) is 18.6 Å². The number of nitrogens with two attached hydrogens (primary N) is 1. The monoisotopic (exact) mass is 196 g/mol. The minimum Gasteiger partial charge on any atom is -0.329 e. The number of likely N-dealkylation sites (N-methyl/N-ethyl adjacent to an activating group) is 1. The maximum atomic E-state index is 6.01. The van der Waals surface area contributed by atoms with E-state index in [1.807, 2.05) is 0 Å². The Labute approximate surface area is 87.8 Å². The smallest absolute Gasteiger partial charge is 0.0354 e. The molecule has 0 bridgehead atoms. The molecular formula is C12H24N2. The van der Waals surface area contributed by atoms with Crippen LogP contribution in [0.15, 0.2) is 0 Å². The van der Waals surface area contributed by atoms with Crippen LogP contribution in [-0.2, 0) is 0 Å². The minimum atomic E-state index is 0.336. The summed E-state index contributed by atoms with van der Waals surface area (Å²) >= 11 is 0. The number of rotatable bonds is 6. The normalized spacial score (nSPS) is 26.6. The molecule has 0 radical (unpaired) electrons. The average molecular weight is 196 g/mol. The Kier molecular flexibility index (Phi) is 2.85. The largest absolute Gasteiger partial charge is 0.329 e. The molecule has 2 fully saturated rings. The van der Waals surface area contributed by atoms with Crippen molar-refractivity contribution >= 4 is 0 Å². The molecule has 2 saturated carbocycles. The fourth-order valence-electron chi connectivity index (χ4n) is 2.83. The van der Waals surface area contributed by atoms with Crippen LogP contribution in [0.2, 0.25) is 0 Å². The van der Waals surface area contributed by atoms with Crippen LogP contribution in [0, 0.1) is 11.8 Å². The Hall–Kier alpha value is -0.0800. The first kappa shape index (κ1) is 10.4. The quantitative estimate of drug-likeness (QED) is 0.702. The molecule has 2 heteroatoms. The van der Waals surface area contributed by atoms with Crippen LogP contribution in [0.25, 0.3) is 0 Å². The van der Waals surface area contributed by atoms with E-state index < -0.39 is 0 Å². The fraction of sp³-hybridized carbons (Fsp3) is 1.00. The zero-order valence-electron chi connectivity index (χ0n) is 9.63. The zero-order valence-corrected chi connectivity index (χ0v) is 9.63. The van der Waals surface area contributed by atoms with Gasteiger partial charge in [-0.1, -0.05) is 6.92 Å². The molecule has 0 aliphatic heterocycles. The van der Waals surface area contributed by atoms with Gasteiger partial charge in [-0.3, -0.25) is 4.90 Å². The third-order valence-electron chi connectivity index (χ3n) is 4.29. The Morgan fingerprint density at radius 3 is 2.29 bits per heavy atom. The molecule has 82 valence electrons. The molecule has 2 aliphatic carbocycles. The van der Waals surface area contributed by atoms with Crippen molar-refractivity contribution in [1.29, 1.82) is 0 Å². The zero-order chi connectivity index (χ0) is 10.2. The number of hydrogen-bond acceptors (Lipinski definition) is 2. The summed E-state index contributed by atoms with van der Waals surface area (Å²) in [7, 11) is 2.28. The first-order valence-corrected chi connectivity index (χ1v) is 6.14. The molecule has 0 aromatic carbocycles. The van der Waals surface area contributed by atoms with Crippen LogP contribution in [0.5, 0.6) is 0 Å². The fourth-order valence-corrected chi connectivity index (χ4v) is 2.83. The van der Waals surface area contributed by atoms with E-state index in [0.29, 0.717) is 5.54 Å². The van der Waals surface area contributed by atoms with Crippen LogP contribution in [0.1, 0.15) is 39.0 Å². The summed E-state index contributed by atoms with van der Waals surface area (Å²) in [6.07, 6.45) is 6.91. The van der Waals surface area contributed by atoms with Crippen LogP contribution in [0.3, 0.4) is 0 Å². The third kappa shape index (κ3) is 1.82. The van der Waals surface area contributed by atoms with Crippen molar-refractivity contribution in [3.8, 4) is 0 Å². The molecule has 1 unspecified atom stereocenters. The van der Waals surface area contributed by atoms with Gasteiger partial charge in [-0.25, -0.2) is 0 Å². The van der Waals surface area contributed by atoms with E-state index in [1.54, 1.807) is 0 Å². The summed E-state index contributed by atoms with van der Waals surface area (Å²) in [5.74, 6) is 1.87. The summed E-state index contributed by atoms with van der Waals surface area (Å²) in [5, 5.41) is 0. The van der Waals surface area contributed by atoms with Gasteiger partial charge in [-0.05, 0) is 51.0 Å². The lowest BCUT2D eigenvalue weighted by molar-refractivity contribution is 0.0916. The second-order valence-electron chi connectivity index (χ2n) is 5.26. The van der Waals surface area contributed by atoms with Gasteiger partial charge in [-0.15, -0.1) is 0 Å². The highest BCUT2D eigenvalue weighted by atomic mass is 15.2. The second-order valence-corrected chi connectivity index (χ2v) is 5.26. The van der Waals surface area contributed by atoms with Gasteiger partial charge in [-0.2, -0.15) is 0 Å². The van der Waals surface area contributed by atoms with Gasteiger partial charge in [0.25, 0.3) is 0 Å². The Morgan fingerprint density at radius 2 is 1.93 bits per heavy atom. The van der Waals surface area contributed by atoms with Gasteiger partial charge in [0.2, 0.25) is 0 Å². The first-order chi connectivity index (χ1) is 6.73. The van der Waals surface area contributed by atoms with E-state index in [9.17, 15) is 0 Å². The second kappa shape index (κ2) is 3.82. The van der Waals surface area contributed by atoms with Crippen molar-refractivity contribution in [3.05, 3.63) is 0 Å². The predicted octanol–water partition coefficient (Wildman–Crippen LogP) is 1.85. The van der Waals surface area contributed by atoms with Crippen molar-refractivity contribution in [1.82, 2.24) is 4.90 Å². The van der Waals surface area contributed by atoms with Gasteiger partial charge in [0.05, 0.1) is 0 Å². The maximum Gasteiger partial charge on any atom is 0.0354 e. The SMILES string of the molecule is CCC(CN)(C1CC1)N(C)CC1CC1. The van der Waals surface area contributed by atoms with Crippen molar-refractivity contribution in [2.24, 2.45) is 17.6 Å². The molecular weight excluding hydrogens is 172 g/mol. The summed E-state index contributed by atoms with van der Waals surface area (Å²) in [6, 6.07) is 0. The summed E-state index contributed by atoms with van der Waals surface area (Å²) in [6.45, 7) is 4.42. The Balaban J connectivity index is 1.98. The highest BCUT2D eigenvalue weighted by Crippen LogP contribution is 2.45. The van der Waals surface area contributed by atoms with E-state index >= 15 is 0 Å². The van der Waals surface area contributed by atoms with Crippen molar-refractivity contribution in [2.75, 3.05) is 20.1 Å². The standard InChI is InChI=1S/C12H24N2/c1-3-12(9-13,11-6-7-11)14(2)8-10-4-5-10/h10-11H,3-9,13H2,1-2H3. The number of hydrogen-bond donors (Lipinski definition) is 1. The maximum absolute atomic E-state index is 6.01. The molecule has 2 aliphatic rings. The average Bonchev–Trinajstić information content (AvgIpc) is 3.01. The van der Waals surface area contributed by atoms with Crippen LogP contribution >= 0.6 is 0 Å². The first-order valence-electron chi connectivity index (χ1n) is 6.14. The van der Waals surface area contributed by atoms with Gasteiger partial charge in [0.1, 0.15) is 0 Å². The number of nitrogens with zero attached hydrogens (tertiary/aromatic N) is 1. The minimum absolute atomic E-state index is 0.336. The molecule has 2 N–H and O–H groups in total. The molecule has 0 amide bonds. The molecule has 0 aromatic rings. The Morgan fingerprint density at radius 1 is 1.29 bits per heavy atom. The molecule has 2 nitrogen and oxygen atoms in total. The molecule has 0 heterocycles. The van der Waals surface area contributed by atoms with Crippen molar-refractivity contribution in [2.45, 2.75) is 44.6 Å². The summed E-state index contributed by atoms with van der Waals surface area (Å²) < 4.78 is 0. The molecule has 0 saturated heterocycles. The topological polar surface area (TPSA) is 29.3 Å². The summed E-state index contributed by atoms with van der Waals surface area (Å²) in [5.41, 5.74) is 6.35. The van der Waals surface area contributed by atoms with Crippen LogP contribution in [-0.4, -0.2) is 30.6 Å². The molecule has 14 heavy (non-hydrogen) atoms. The van der Waals surface area contributed by atoms with Gasteiger partial charge in [0.15, 0.2) is 0 Å². The van der Waals surface area contributed by atoms with Crippen molar-refractivity contribution in [3.63, 3.8) is 0 Å². The molecule has 2 rings (SSSR count). The lowest BCUT2D eigenvalue weighted by atomic mass is 9.88. The third-order valence-corrected chi connectivity index (χ3v) is 4.29. The Bertz CT molecular complexity index is 190. The van der Waals surface area contributed by atoms with E-state index in [4.69, 9.17) is 5.73 Å². The molecule has 0 aromatic heterocycles. The van der Waals surface area contributed by atoms with E-state index in [0.717, 1.165) is 18.4 Å². The highest BCUT2D eigenvalue weighted by molar-refractivity contribution is 5.02. The predicted molar refractivity (Wildman–Crippen MR) is 60.2 cm³/mol. The van der Waals surface area contributed by atoms with E-state index in [1.165, 1.54) is 38.6 Å². The van der Waals surface area contributed by atoms with Crippen LogP contribution in [0.4, 0.5) is 0 Å². The van der Waals surface area contributed by atoms with E-state index in [-0.39, 0.29) is 0 Å². The highest BCUT2D eigenvalue weighted by Gasteiger charge is 2.46. The molecule has 0 spiro atoms. The summed E-state index contributed by atoms with van der Waals surface area (Å²) in [4.78, 5) is 2.57. The van der Waals surface area contributed by atoms with E-state index in [2.05, 4.69) is 18.9 Å². The lowest BCUT2D eigenvalue weighted by Crippen LogP contribution is -2.54. The lowest BCUT2D eigenvalue weighted by Gasteiger charge is -2.41.